The summed E-state index contributed by atoms with van der Waals surface area (Å²) in [6.45, 7) is 6.68. The van der Waals surface area contributed by atoms with Gasteiger partial charge in [-0.05, 0) is 67.1 Å². The monoisotopic (exact) mass is 333 g/mol. The van der Waals surface area contributed by atoms with Crippen LogP contribution in [0.25, 0.3) is 0 Å². The van der Waals surface area contributed by atoms with Gasteiger partial charge in [0.15, 0.2) is 0 Å². The number of aromatic nitrogens is 1. The van der Waals surface area contributed by atoms with E-state index in [1.807, 2.05) is 16.8 Å². The third-order valence-electron chi connectivity index (χ3n) is 5.34. The van der Waals surface area contributed by atoms with Gasteiger partial charge in [-0.25, -0.2) is 4.98 Å². The first-order chi connectivity index (χ1) is 10.8. The van der Waals surface area contributed by atoms with E-state index in [4.69, 9.17) is 0 Å². The normalized spacial score (nSPS) is 23.3. The van der Waals surface area contributed by atoms with Gasteiger partial charge in [-0.1, -0.05) is 0 Å². The van der Waals surface area contributed by atoms with Crippen LogP contribution in [0.15, 0.2) is 22.3 Å². The molecular weight excluding hydrogens is 310 g/mol. The van der Waals surface area contributed by atoms with Gasteiger partial charge >= 0.3 is 0 Å². The van der Waals surface area contributed by atoms with Crippen molar-refractivity contribution in [2.45, 2.75) is 45.3 Å². The molecule has 0 radical (unpaired) electrons. The maximum absolute atomic E-state index is 4.43. The molecule has 1 aliphatic carbocycles. The molecule has 1 atom stereocenters. The van der Waals surface area contributed by atoms with Crippen LogP contribution in [0, 0.1) is 12.3 Å². The molecule has 2 fully saturated rings. The van der Waals surface area contributed by atoms with Crippen LogP contribution < -0.4 is 5.32 Å². The fraction of sp³-hybridized carbons (Fsp3) is 0.588. The van der Waals surface area contributed by atoms with Crippen molar-refractivity contribution < 1.29 is 0 Å². The Labute approximate surface area is 140 Å². The molecule has 2 aromatic rings. The number of nitrogens with one attached hydrogen (secondary N) is 1. The van der Waals surface area contributed by atoms with Gasteiger partial charge in [0.1, 0.15) is 0 Å². The Hall–Kier alpha value is -0.750. The van der Waals surface area contributed by atoms with Gasteiger partial charge in [0, 0.05) is 24.0 Å². The number of aryl methyl sites for hydroxylation is 1. The highest BCUT2D eigenvalue weighted by molar-refractivity contribution is 7.09. The van der Waals surface area contributed by atoms with E-state index in [2.05, 4.69) is 39.0 Å². The van der Waals surface area contributed by atoms with Crippen LogP contribution in [0.4, 0.5) is 0 Å². The molecule has 2 aliphatic rings. The van der Waals surface area contributed by atoms with Crippen molar-refractivity contribution in [1.29, 1.82) is 0 Å². The predicted octanol–water partition coefficient (Wildman–Crippen LogP) is 3.66. The van der Waals surface area contributed by atoms with E-state index in [0.717, 1.165) is 19.1 Å². The lowest BCUT2D eigenvalue weighted by Gasteiger charge is -2.29. The third kappa shape index (κ3) is 2.87. The van der Waals surface area contributed by atoms with Crippen molar-refractivity contribution in [3.05, 3.63) is 38.5 Å². The first-order valence-electron chi connectivity index (χ1n) is 8.12. The van der Waals surface area contributed by atoms with Crippen LogP contribution in [-0.2, 0) is 13.1 Å². The Balaban J connectivity index is 1.52. The molecule has 3 heterocycles. The van der Waals surface area contributed by atoms with Crippen LogP contribution in [0.1, 0.15) is 35.4 Å². The summed E-state index contributed by atoms with van der Waals surface area (Å²) < 4.78 is 0. The van der Waals surface area contributed by atoms with Crippen molar-refractivity contribution in [1.82, 2.24) is 15.2 Å². The van der Waals surface area contributed by atoms with Gasteiger partial charge in [0.2, 0.25) is 0 Å². The van der Waals surface area contributed by atoms with Crippen molar-refractivity contribution >= 4 is 22.7 Å². The molecule has 1 aliphatic heterocycles. The summed E-state index contributed by atoms with van der Waals surface area (Å²) in [6.07, 6.45) is 4.08. The lowest BCUT2D eigenvalue weighted by atomic mass is 9.93. The quantitative estimate of drug-likeness (QED) is 0.905. The number of hydrogen-bond donors (Lipinski definition) is 1. The van der Waals surface area contributed by atoms with E-state index < -0.39 is 0 Å². The van der Waals surface area contributed by atoms with Crippen LogP contribution in [0.5, 0.6) is 0 Å². The molecule has 3 nitrogen and oxygen atoms in total. The molecule has 118 valence electrons. The zero-order valence-electron chi connectivity index (χ0n) is 13.0. The molecule has 0 unspecified atom stereocenters. The minimum atomic E-state index is 0.597. The average Bonchev–Trinajstić information content (AvgIpc) is 2.90. The Morgan fingerprint density at radius 3 is 2.91 bits per heavy atom. The van der Waals surface area contributed by atoms with E-state index in [-0.39, 0.29) is 0 Å². The van der Waals surface area contributed by atoms with Gasteiger partial charge in [0.05, 0.1) is 11.2 Å². The van der Waals surface area contributed by atoms with Crippen molar-refractivity contribution in [3.63, 3.8) is 0 Å². The van der Waals surface area contributed by atoms with E-state index in [9.17, 15) is 0 Å². The second kappa shape index (κ2) is 6.04. The zero-order chi connectivity index (χ0) is 15.0. The maximum Gasteiger partial charge on any atom is 0.0798 e. The summed E-state index contributed by atoms with van der Waals surface area (Å²) in [4.78, 5) is 8.59. The Bertz CT molecular complexity index is 614. The molecule has 1 N–H and O–H groups in total. The highest BCUT2D eigenvalue weighted by Gasteiger charge is 2.56. The summed E-state index contributed by atoms with van der Waals surface area (Å²) in [5.41, 5.74) is 5.25. The van der Waals surface area contributed by atoms with Gasteiger partial charge in [-0.15, -0.1) is 11.3 Å². The smallest absolute Gasteiger partial charge is 0.0798 e. The molecule has 0 amide bonds. The average molecular weight is 334 g/mol. The molecule has 1 spiro atoms. The minimum absolute atomic E-state index is 0.597. The highest BCUT2D eigenvalue weighted by atomic mass is 32.1. The topological polar surface area (TPSA) is 28.2 Å². The van der Waals surface area contributed by atoms with E-state index >= 15 is 0 Å². The molecule has 2 aromatic heterocycles. The molecule has 0 aromatic carbocycles. The molecule has 5 heteroatoms. The lowest BCUT2D eigenvalue weighted by molar-refractivity contribution is 0.189. The summed E-state index contributed by atoms with van der Waals surface area (Å²) in [5, 5.41) is 8.00. The van der Waals surface area contributed by atoms with Crippen LogP contribution in [0.3, 0.4) is 0 Å². The second-order valence-electron chi connectivity index (χ2n) is 6.73. The number of piperidine rings is 1. The van der Waals surface area contributed by atoms with Gasteiger partial charge in [-0.3, -0.25) is 4.90 Å². The molecule has 22 heavy (non-hydrogen) atoms. The lowest BCUT2D eigenvalue weighted by Crippen LogP contribution is -2.35. The molecule has 0 bridgehead atoms. The number of hydrogen-bond acceptors (Lipinski definition) is 5. The number of rotatable bonds is 5. The van der Waals surface area contributed by atoms with Gasteiger partial charge in [-0.2, -0.15) is 11.3 Å². The van der Waals surface area contributed by atoms with Crippen molar-refractivity contribution in [2.24, 2.45) is 5.41 Å². The maximum atomic E-state index is 4.43. The van der Waals surface area contributed by atoms with Crippen LogP contribution in [0.2, 0.25) is 0 Å². The van der Waals surface area contributed by atoms with Crippen LogP contribution in [-0.4, -0.2) is 29.0 Å². The number of nitrogens with zero attached hydrogens (tertiary/aromatic N) is 2. The first kappa shape index (κ1) is 14.8. The SMILES string of the molecule is Cc1ncsc1CN(Cc1ccsc1)[C@@H]1CC12CCNCC2. The molecule has 4 rings (SSSR count). The highest BCUT2D eigenvalue weighted by Crippen LogP contribution is 2.56. The Kier molecular flexibility index (Phi) is 4.07. The molecular formula is C17H23N3S2. The summed E-state index contributed by atoms with van der Waals surface area (Å²) in [7, 11) is 0. The number of thiazole rings is 1. The van der Waals surface area contributed by atoms with Gasteiger partial charge in [0.25, 0.3) is 0 Å². The minimum Gasteiger partial charge on any atom is -0.317 e. The van der Waals surface area contributed by atoms with Crippen LogP contribution >= 0.6 is 22.7 Å². The summed E-state index contributed by atoms with van der Waals surface area (Å²) in [6, 6.07) is 3.03. The molecule has 1 saturated heterocycles. The summed E-state index contributed by atoms with van der Waals surface area (Å²) >= 11 is 3.61. The Morgan fingerprint density at radius 2 is 2.23 bits per heavy atom. The standard InChI is InChI=1S/C17H23N3S2/c1-13-15(22-12-19-13)10-20(9-14-2-7-21-11-14)16-8-17(16)3-5-18-6-4-17/h2,7,11-12,16,18H,3-6,8-10H2,1H3/t16-/m1/s1. The summed E-state index contributed by atoms with van der Waals surface area (Å²) in [5.74, 6) is 0. The largest absolute Gasteiger partial charge is 0.317 e. The van der Waals surface area contributed by atoms with E-state index in [1.165, 1.54) is 48.5 Å². The van der Waals surface area contributed by atoms with Crippen molar-refractivity contribution in [3.8, 4) is 0 Å². The Morgan fingerprint density at radius 1 is 1.36 bits per heavy atom. The predicted molar refractivity (Wildman–Crippen MR) is 93.4 cm³/mol. The fourth-order valence-electron chi connectivity index (χ4n) is 3.86. The third-order valence-corrected chi connectivity index (χ3v) is 7.00. The van der Waals surface area contributed by atoms with Gasteiger partial charge < -0.3 is 5.32 Å². The van der Waals surface area contributed by atoms with Crippen molar-refractivity contribution in [2.75, 3.05) is 13.1 Å². The second-order valence-corrected chi connectivity index (χ2v) is 8.45. The molecule has 1 saturated carbocycles. The van der Waals surface area contributed by atoms with E-state index in [1.54, 1.807) is 11.3 Å². The van der Waals surface area contributed by atoms with E-state index in [0.29, 0.717) is 5.41 Å². The first-order valence-corrected chi connectivity index (χ1v) is 9.94. The zero-order valence-corrected chi connectivity index (χ0v) is 14.7. The fourth-order valence-corrected chi connectivity index (χ4v) is 5.32. The number of thiophene rings is 1.